The summed E-state index contributed by atoms with van der Waals surface area (Å²) < 4.78 is 27.8. The Kier molecular flexibility index (Phi) is 5.22. The molecule has 1 saturated heterocycles. The van der Waals surface area contributed by atoms with Gasteiger partial charge in [0.25, 0.3) is 5.91 Å². The SMILES string of the molecule is O=C(c1cccc(S(=O)(=O)NC2CCCC2)c1)N1CCC(O)CC1. The van der Waals surface area contributed by atoms with Gasteiger partial charge in [0.1, 0.15) is 0 Å². The van der Waals surface area contributed by atoms with Gasteiger partial charge in [-0.3, -0.25) is 4.79 Å². The minimum atomic E-state index is -3.60. The number of nitrogens with zero attached hydrogens (tertiary/aromatic N) is 1. The van der Waals surface area contributed by atoms with Crippen LogP contribution in [0.3, 0.4) is 0 Å². The largest absolute Gasteiger partial charge is 0.393 e. The Morgan fingerprint density at radius 3 is 2.46 bits per heavy atom. The molecule has 1 aliphatic carbocycles. The molecule has 0 bridgehead atoms. The van der Waals surface area contributed by atoms with Gasteiger partial charge in [-0.25, -0.2) is 13.1 Å². The van der Waals surface area contributed by atoms with Crippen molar-refractivity contribution in [2.45, 2.75) is 55.6 Å². The van der Waals surface area contributed by atoms with Gasteiger partial charge < -0.3 is 10.0 Å². The molecule has 0 aromatic heterocycles. The number of carbonyl (C=O) groups is 1. The number of sulfonamides is 1. The zero-order valence-electron chi connectivity index (χ0n) is 13.6. The number of aliphatic hydroxyl groups excluding tert-OH is 1. The van der Waals surface area contributed by atoms with E-state index in [2.05, 4.69) is 4.72 Å². The Labute approximate surface area is 142 Å². The third kappa shape index (κ3) is 3.96. The first-order valence-electron chi connectivity index (χ1n) is 8.55. The molecule has 1 saturated carbocycles. The molecule has 0 unspecified atom stereocenters. The van der Waals surface area contributed by atoms with E-state index in [0.717, 1.165) is 25.7 Å². The normalized spacial score (nSPS) is 20.5. The fraction of sp³-hybridized carbons (Fsp3) is 0.588. The van der Waals surface area contributed by atoms with Crippen LogP contribution < -0.4 is 4.72 Å². The first kappa shape index (κ1) is 17.4. The predicted molar refractivity (Wildman–Crippen MR) is 90.2 cm³/mol. The monoisotopic (exact) mass is 352 g/mol. The molecule has 1 amide bonds. The summed E-state index contributed by atoms with van der Waals surface area (Å²) in [5, 5.41) is 9.54. The maximum Gasteiger partial charge on any atom is 0.253 e. The van der Waals surface area contributed by atoms with Crippen molar-refractivity contribution in [3.05, 3.63) is 29.8 Å². The molecule has 0 atom stereocenters. The van der Waals surface area contributed by atoms with E-state index in [9.17, 15) is 18.3 Å². The van der Waals surface area contributed by atoms with E-state index in [4.69, 9.17) is 0 Å². The number of aliphatic hydroxyl groups is 1. The van der Waals surface area contributed by atoms with Crippen molar-refractivity contribution in [2.75, 3.05) is 13.1 Å². The molecule has 24 heavy (non-hydrogen) atoms. The minimum absolute atomic E-state index is 0.00191. The standard InChI is InChI=1S/C17H24N2O4S/c20-15-8-10-19(11-9-15)17(21)13-4-3-7-16(12-13)24(22,23)18-14-5-1-2-6-14/h3-4,7,12,14-15,18,20H,1-2,5-6,8-11H2. The molecule has 1 aromatic carbocycles. The van der Waals surface area contributed by atoms with Crippen molar-refractivity contribution in [3.63, 3.8) is 0 Å². The number of piperidine rings is 1. The third-order valence-electron chi connectivity index (χ3n) is 4.82. The molecule has 1 aromatic rings. The first-order valence-corrected chi connectivity index (χ1v) is 10.0. The fourth-order valence-corrected chi connectivity index (χ4v) is 4.73. The van der Waals surface area contributed by atoms with Gasteiger partial charge in [0, 0.05) is 24.7 Å². The summed E-state index contributed by atoms with van der Waals surface area (Å²) in [7, 11) is -3.60. The van der Waals surface area contributed by atoms with Gasteiger partial charge in [-0.15, -0.1) is 0 Å². The Bertz CT molecular complexity index is 690. The molecular formula is C17H24N2O4S. The smallest absolute Gasteiger partial charge is 0.253 e. The van der Waals surface area contributed by atoms with Crippen LogP contribution >= 0.6 is 0 Å². The molecule has 132 valence electrons. The highest BCUT2D eigenvalue weighted by Crippen LogP contribution is 2.21. The fourth-order valence-electron chi connectivity index (χ4n) is 3.38. The second-order valence-electron chi connectivity index (χ2n) is 6.65. The maximum absolute atomic E-state index is 12.6. The second kappa shape index (κ2) is 7.21. The molecule has 6 nitrogen and oxygen atoms in total. The van der Waals surface area contributed by atoms with Crippen LogP contribution in [-0.2, 0) is 10.0 Å². The average molecular weight is 352 g/mol. The predicted octanol–water partition coefficient (Wildman–Crippen LogP) is 1.50. The number of rotatable bonds is 4. The number of hydrogen-bond donors (Lipinski definition) is 2. The van der Waals surface area contributed by atoms with Gasteiger partial charge in [0.05, 0.1) is 11.0 Å². The molecule has 0 spiro atoms. The van der Waals surface area contributed by atoms with E-state index in [1.807, 2.05) is 0 Å². The highest BCUT2D eigenvalue weighted by Gasteiger charge is 2.25. The van der Waals surface area contributed by atoms with E-state index in [0.29, 0.717) is 31.5 Å². The molecule has 2 aliphatic rings. The van der Waals surface area contributed by atoms with Crippen LogP contribution in [0.1, 0.15) is 48.9 Å². The van der Waals surface area contributed by atoms with Crippen LogP contribution in [0.25, 0.3) is 0 Å². The summed E-state index contributed by atoms with van der Waals surface area (Å²) in [6, 6.07) is 6.22. The lowest BCUT2D eigenvalue weighted by Gasteiger charge is -2.29. The van der Waals surface area contributed by atoms with Gasteiger partial charge in [0.15, 0.2) is 0 Å². The molecule has 7 heteroatoms. The van der Waals surface area contributed by atoms with Crippen molar-refractivity contribution >= 4 is 15.9 Å². The molecule has 2 fully saturated rings. The quantitative estimate of drug-likeness (QED) is 0.860. The summed E-state index contributed by atoms with van der Waals surface area (Å²) in [6.45, 7) is 0.995. The van der Waals surface area contributed by atoms with Gasteiger partial charge in [-0.2, -0.15) is 0 Å². The molecule has 2 N–H and O–H groups in total. The lowest BCUT2D eigenvalue weighted by molar-refractivity contribution is 0.0546. The Balaban J connectivity index is 1.74. The lowest BCUT2D eigenvalue weighted by Crippen LogP contribution is -2.40. The van der Waals surface area contributed by atoms with E-state index in [1.165, 1.54) is 12.1 Å². The van der Waals surface area contributed by atoms with E-state index < -0.39 is 10.0 Å². The van der Waals surface area contributed by atoms with Crippen LogP contribution in [0.15, 0.2) is 29.2 Å². The lowest BCUT2D eigenvalue weighted by atomic mass is 10.1. The topological polar surface area (TPSA) is 86.7 Å². The van der Waals surface area contributed by atoms with Crippen LogP contribution in [-0.4, -0.2) is 49.6 Å². The number of likely N-dealkylation sites (tertiary alicyclic amines) is 1. The van der Waals surface area contributed by atoms with Crippen molar-refractivity contribution in [1.82, 2.24) is 9.62 Å². The molecule has 0 radical (unpaired) electrons. The molecule has 1 heterocycles. The van der Waals surface area contributed by atoms with E-state index >= 15 is 0 Å². The summed E-state index contributed by atoms with van der Waals surface area (Å²) >= 11 is 0. The summed E-state index contributed by atoms with van der Waals surface area (Å²) in [4.78, 5) is 14.4. The van der Waals surface area contributed by atoms with E-state index in [-0.39, 0.29) is 22.9 Å². The summed E-state index contributed by atoms with van der Waals surface area (Å²) in [5.74, 6) is -0.181. The zero-order chi connectivity index (χ0) is 17.2. The third-order valence-corrected chi connectivity index (χ3v) is 6.34. The van der Waals surface area contributed by atoms with Gasteiger partial charge >= 0.3 is 0 Å². The maximum atomic E-state index is 12.6. The van der Waals surface area contributed by atoms with E-state index in [1.54, 1.807) is 17.0 Å². The van der Waals surface area contributed by atoms with Gasteiger partial charge in [-0.05, 0) is 43.9 Å². The second-order valence-corrected chi connectivity index (χ2v) is 8.37. The molecule has 1 aliphatic heterocycles. The number of hydrogen-bond acceptors (Lipinski definition) is 4. The summed E-state index contributed by atoms with van der Waals surface area (Å²) in [6.07, 6.45) is 4.61. The Morgan fingerprint density at radius 2 is 1.79 bits per heavy atom. The van der Waals surface area contributed by atoms with Gasteiger partial charge in [-0.1, -0.05) is 18.9 Å². The van der Waals surface area contributed by atoms with Crippen molar-refractivity contribution in [1.29, 1.82) is 0 Å². The summed E-state index contributed by atoms with van der Waals surface area (Å²) in [5.41, 5.74) is 0.376. The Hall–Kier alpha value is -1.44. The molecular weight excluding hydrogens is 328 g/mol. The van der Waals surface area contributed by atoms with Crippen molar-refractivity contribution < 1.29 is 18.3 Å². The minimum Gasteiger partial charge on any atom is -0.393 e. The van der Waals surface area contributed by atoms with Crippen LogP contribution in [0.5, 0.6) is 0 Å². The van der Waals surface area contributed by atoms with Crippen molar-refractivity contribution in [2.24, 2.45) is 0 Å². The average Bonchev–Trinajstić information content (AvgIpc) is 3.07. The highest BCUT2D eigenvalue weighted by molar-refractivity contribution is 7.89. The van der Waals surface area contributed by atoms with Gasteiger partial charge in [0.2, 0.25) is 10.0 Å². The van der Waals surface area contributed by atoms with Crippen LogP contribution in [0.4, 0.5) is 0 Å². The number of carbonyl (C=O) groups excluding carboxylic acids is 1. The highest BCUT2D eigenvalue weighted by atomic mass is 32.2. The zero-order valence-corrected chi connectivity index (χ0v) is 14.5. The Morgan fingerprint density at radius 1 is 1.12 bits per heavy atom. The molecule has 3 rings (SSSR count). The van der Waals surface area contributed by atoms with Crippen LogP contribution in [0, 0.1) is 0 Å². The number of nitrogens with one attached hydrogen (secondary N) is 1. The first-order chi connectivity index (χ1) is 11.5. The van der Waals surface area contributed by atoms with Crippen molar-refractivity contribution in [3.8, 4) is 0 Å². The number of benzene rings is 1. The number of amides is 1. The van der Waals surface area contributed by atoms with Crippen LogP contribution in [0.2, 0.25) is 0 Å².